The van der Waals surface area contributed by atoms with Crippen LogP contribution in [0.15, 0.2) is 6.20 Å². The Morgan fingerprint density at radius 1 is 1.63 bits per heavy atom. The van der Waals surface area contributed by atoms with E-state index in [1.807, 2.05) is 6.92 Å². The number of aliphatic hydroxyl groups is 1. The third kappa shape index (κ3) is 3.53. The van der Waals surface area contributed by atoms with Gasteiger partial charge in [-0.1, -0.05) is 0 Å². The fraction of sp³-hybridized carbons (Fsp3) is 0.727. The Labute approximate surface area is 113 Å². The molecule has 1 aliphatic rings. The van der Waals surface area contributed by atoms with Gasteiger partial charge in [-0.15, -0.1) is 0 Å². The second-order valence-corrected chi connectivity index (χ2v) is 6.65. The highest BCUT2D eigenvalue weighted by Gasteiger charge is 2.28. The molecule has 1 saturated heterocycles. The lowest BCUT2D eigenvalue weighted by atomic mass is 10.0. The van der Waals surface area contributed by atoms with Crippen molar-refractivity contribution in [3.8, 4) is 0 Å². The number of aryl methyl sites for hydroxylation is 1. The van der Waals surface area contributed by atoms with Gasteiger partial charge in [-0.2, -0.15) is 22.5 Å². The zero-order chi connectivity index (χ0) is 13.9. The molecule has 0 spiro atoms. The van der Waals surface area contributed by atoms with E-state index in [4.69, 9.17) is 5.11 Å². The summed E-state index contributed by atoms with van der Waals surface area (Å²) in [5, 5.41) is 15.8. The molecule has 2 rings (SSSR count). The molecule has 0 aliphatic carbocycles. The Morgan fingerprint density at radius 2 is 2.42 bits per heavy atom. The molecular weight excluding hydrogens is 268 g/mol. The quantitative estimate of drug-likeness (QED) is 0.696. The number of aliphatic hydroxyl groups excluding tert-OH is 1. The van der Waals surface area contributed by atoms with Gasteiger partial charge in [0.1, 0.15) is 0 Å². The number of H-pyrrole nitrogens is 1. The Balaban J connectivity index is 1.96. The van der Waals surface area contributed by atoms with Gasteiger partial charge < -0.3 is 5.11 Å². The van der Waals surface area contributed by atoms with Crippen LogP contribution in [0, 0.1) is 12.8 Å². The highest BCUT2D eigenvalue weighted by molar-refractivity contribution is 7.87. The number of nitrogens with zero attached hydrogens (tertiary/aromatic N) is 2. The van der Waals surface area contributed by atoms with Crippen LogP contribution in [0.5, 0.6) is 0 Å². The molecule has 2 heterocycles. The number of piperidine rings is 1. The predicted octanol–water partition coefficient (Wildman–Crippen LogP) is -0.243. The Bertz CT molecular complexity index is 514. The number of hydrogen-bond acceptors (Lipinski definition) is 4. The molecule has 3 N–H and O–H groups in total. The summed E-state index contributed by atoms with van der Waals surface area (Å²) in [5.41, 5.74) is 1.69. The maximum absolute atomic E-state index is 12.2. The standard InChI is InChI=1S/C11H20N4O3S/c1-9-11(5-12-14-9)6-13-19(17,18)15-4-2-3-10(7-15)8-16/h5,10,13,16H,2-4,6-8H2,1H3,(H,12,14). The van der Waals surface area contributed by atoms with E-state index < -0.39 is 10.2 Å². The van der Waals surface area contributed by atoms with E-state index in [9.17, 15) is 8.42 Å². The first kappa shape index (κ1) is 14.4. The van der Waals surface area contributed by atoms with E-state index in [2.05, 4.69) is 14.9 Å². The largest absolute Gasteiger partial charge is 0.396 e. The summed E-state index contributed by atoms with van der Waals surface area (Å²) in [5.74, 6) is 0.0426. The molecule has 0 radical (unpaired) electrons. The van der Waals surface area contributed by atoms with Gasteiger partial charge >= 0.3 is 0 Å². The van der Waals surface area contributed by atoms with Crippen LogP contribution in [0.25, 0.3) is 0 Å². The van der Waals surface area contributed by atoms with Crippen molar-refractivity contribution in [1.82, 2.24) is 19.2 Å². The molecule has 1 aromatic rings. The molecular formula is C11H20N4O3S. The van der Waals surface area contributed by atoms with E-state index in [0.717, 1.165) is 24.1 Å². The van der Waals surface area contributed by atoms with Gasteiger partial charge in [0.25, 0.3) is 10.2 Å². The Hall–Kier alpha value is -0.960. The molecule has 0 saturated carbocycles. The first-order valence-corrected chi connectivity index (χ1v) is 7.81. The van der Waals surface area contributed by atoms with Gasteiger partial charge in [-0.25, -0.2) is 0 Å². The lowest BCUT2D eigenvalue weighted by Gasteiger charge is -2.30. The minimum atomic E-state index is -3.49. The summed E-state index contributed by atoms with van der Waals surface area (Å²) < 4.78 is 28.3. The highest BCUT2D eigenvalue weighted by atomic mass is 32.2. The van der Waals surface area contributed by atoms with Crippen LogP contribution in [0.2, 0.25) is 0 Å². The molecule has 0 amide bonds. The highest BCUT2D eigenvalue weighted by Crippen LogP contribution is 2.18. The predicted molar refractivity (Wildman–Crippen MR) is 70.5 cm³/mol. The molecule has 1 aromatic heterocycles. The third-order valence-electron chi connectivity index (χ3n) is 3.46. The van der Waals surface area contributed by atoms with Crippen LogP contribution in [-0.2, 0) is 16.8 Å². The van der Waals surface area contributed by atoms with Crippen molar-refractivity contribution in [2.45, 2.75) is 26.3 Å². The van der Waals surface area contributed by atoms with Gasteiger partial charge in [0.05, 0.1) is 6.20 Å². The molecule has 1 fully saturated rings. The van der Waals surface area contributed by atoms with Crippen molar-refractivity contribution in [3.63, 3.8) is 0 Å². The maximum Gasteiger partial charge on any atom is 0.279 e. The smallest absolute Gasteiger partial charge is 0.279 e. The molecule has 0 aromatic carbocycles. The fourth-order valence-corrected chi connectivity index (χ4v) is 3.51. The van der Waals surface area contributed by atoms with Gasteiger partial charge in [-0.3, -0.25) is 5.10 Å². The minimum absolute atomic E-state index is 0.0346. The first-order chi connectivity index (χ1) is 9.03. The average molecular weight is 288 g/mol. The normalized spacial score (nSPS) is 21.7. The summed E-state index contributed by atoms with van der Waals surface area (Å²) in [6, 6.07) is 0. The average Bonchev–Trinajstić information content (AvgIpc) is 2.82. The van der Waals surface area contributed by atoms with Crippen LogP contribution < -0.4 is 4.72 Å². The number of nitrogens with one attached hydrogen (secondary N) is 2. The molecule has 7 nitrogen and oxygen atoms in total. The van der Waals surface area contributed by atoms with E-state index in [0.29, 0.717) is 13.1 Å². The lowest BCUT2D eigenvalue weighted by molar-refractivity contribution is 0.164. The van der Waals surface area contributed by atoms with E-state index in [1.165, 1.54) is 4.31 Å². The second-order valence-electron chi connectivity index (χ2n) is 4.90. The van der Waals surface area contributed by atoms with Crippen molar-refractivity contribution in [1.29, 1.82) is 0 Å². The molecule has 1 atom stereocenters. The Morgan fingerprint density at radius 3 is 3.05 bits per heavy atom. The van der Waals surface area contributed by atoms with Crippen molar-refractivity contribution in [3.05, 3.63) is 17.5 Å². The van der Waals surface area contributed by atoms with Crippen LogP contribution in [-0.4, -0.2) is 47.7 Å². The monoisotopic (exact) mass is 288 g/mol. The molecule has 8 heteroatoms. The number of rotatable bonds is 5. The lowest BCUT2D eigenvalue weighted by Crippen LogP contribution is -2.46. The topological polar surface area (TPSA) is 98.3 Å². The van der Waals surface area contributed by atoms with Gasteiger partial charge in [-0.05, 0) is 25.7 Å². The van der Waals surface area contributed by atoms with Crippen LogP contribution >= 0.6 is 0 Å². The molecule has 19 heavy (non-hydrogen) atoms. The van der Waals surface area contributed by atoms with Crippen molar-refractivity contribution >= 4 is 10.2 Å². The maximum atomic E-state index is 12.2. The van der Waals surface area contributed by atoms with Gasteiger partial charge in [0.15, 0.2) is 0 Å². The summed E-state index contributed by atoms with van der Waals surface area (Å²) in [7, 11) is -3.49. The molecule has 0 bridgehead atoms. The summed E-state index contributed by atoms with van der Waals surface area (Å²) in [4.78, 5) is 0. The van der Waals surface area contributed by atoms with Crippen molar-refractivity contribution in [2.75, 3.05) is 19.7 Å². The zero-order valence-corrected chi connectivity index (χ0v) is 11.8. The number of aromatic nitrogens is 2. The number of hydrogen-bond donors (Lipinski definition) is 3. The second kappa shape index (κ2) is 6.00. The first-order valence-electron chi connectivity index (χ1n) is 6.37. The van der Waals surface area contributed by atoms with Gasteiger partial charge in [0, 0.05) is 37.5 Å². The minimum Gasteiger partial charge on any atom is -0.396 e. The SMILES string of the molecule is Cc1[nH]ncc1CNS(=O)(=O)N1CCCC(CO)C1. The molecule has 108 valence electrons. The molecule has 1 unspecified atom stereocenters. The zero-order valence-electron chi connectivity index (χ0n) is 11.0. The van der Waals surface area contributed by atoms with E-state index >= 15 is 0 Å². The molecule has 1 aliphatic heterocycles. The van der Waals surface area contributed by atoms with Gasteiger partial charge in [0.2, 0.25) is 0 Å². The van der Waals surface area contributed by atoms with Crippen LogP contribution in [0.1, 0.15) is 24.1 Å². The third-order valence-corrected chi connectivity index (χ3v) is 4.98. The van der Waals surface area contributed by atoms with Crippen molar-refractivity contribution in [2.24, 2.45) is 5.92 Å². The number of aromatic amines is 1. The van der Waals surface area contributed by atoms with E-state index in [1.54, 1.807) is 6.20 Å². The Kier molecular flexibility index (Phi) is 4.56. The summed E-state index contributed by atoms with van der Waals surface area (Å²) in [6.45, 7) is 3.00. The van der Waals surface area contributed by atoms with Crippen LogP contribution in [0.3, 0.4) is 0 Å². The summed E-state index contributed by atoms with van der Waals surface area (Å²) >= 11 is 0. The van der Waals surface area contributed by atoms with Crippen molar-refractivity contribution < 1.29 is 13.5 Å². The van der Waals surface area contributed by atoms with E-state index in [-0.39, 0.29) is 19.1 Å². The van der Waals surface area contributed by atoms with Crippen LogP contribution in [0.4, 0.5) is 0 Å². The summed E-state index contributed by atoms with van der Waals surface area (Å²) in [6.07, 6.45) is 3.28. The fourth-order valence-electron chi connectivity index (χ4n) is 2.21.